The third kappa shape index (κ3) is 7.06. The molecule has 0 spiro atoms. The Hall–Kier alpha value is -2.93. The Labute approximate surface area is 217 Å². The molecule has 0 bridgehead atoms. The monoisotopic (exact) mass is 507 g/mol. The Morgan fingerprint density at radius 2 is 1.72 bits per heavy atom. The van der Waals surface area contributed by atoms with Crippen LogP contribution in [0, 0.1) is 25.7 Å². The lowest BCUT2D eigenvalue weighted by Crippen LogP contribution is -2.26. The van der Waals surface area contributed by atoms with Crippen molar-refractivity contribution in [3.8, 4) is 0 Å². The minimum absolute atomic E-state index is 0.00392. The number of nitrogens with one attached hydrogen (secondary N) is 1. The molecule has 1 aromatic heterocycles. The molecule has 0 aliphatic carbocycles. The second-order valence-electron chi connectivity index (χ2n) is 10.2. The van der Waals surface area contributed by atoms with Crippen molar-refractivity contribution in [3.05, 3.63) is 69.0 Å². The van der Waals surface area contributed by atoms with Gasteiger partial charge in [-0.3, -0.25) is 19.0 Å². The van der Waals surface area contributed by atoms with Gasteiger partial charge in [-0.15, -0.1) is 0 Å². The van der Waals surface area contributed by atoms with Crippen LogP contribution in [0.1, 0.15) is 72.4 Å². The molecule has 7 heteroatoms. The summed E-state index contributed by atoms with van der Waals surface area (Å²) in [5.74, 6) is 0.920. The number of carbonyl (C=O) groups excluding carboxylic acids is 2. The second-order valence-corrected chi connectivity index (χ2v) is 11.2. The average molecular weight is 508 g/mol. The first-order valence-electron chi connectivity index (χ1n) is 12.6. The number of hydrogen-bond donors (Lipinski definition) is 1. The van der Waals surface area contributed by atoms with Gasteiger partial charge in [0.2, 0.25) is 0 Å². The summed E-state index contributed by atoms with van der Waals surface area (Å²) in [6.07, 6.45) is 1.72. The van der Waals surface area contributed by atoms with Crippen LogP contribution in [0.3, 0.4) is 0 Å². The molecule has 2 aromatic carbocycles. The van der Waals surface area contributed by atoms with Crippen LogP contribution in [-0.4, -0.2) is 33.5 Å². The molecule has 0 aliphatic rings. The van der Waals surface area contributed by atoms with E-state index in [0.29, 0.717) is 52.1 Å². The summed E-state index contributed by atoms with van der Waals surface area (Å²) in [7, 11) is 0. The number of hydrogen-bond acceptors (Lipinski definition) is 5. The topological polar surface area (TPSA) is 81.1 Å². The molecule has 3 aromatic rings. The van der Waals surface area contributed by atoms with Crippen LogP contribution >= 0.6 is 11.8 Å². The number of amides is 1. The zero-order chi connectivity index (χ0) is 26.4. The molecule has 6 nitrogen and oxygen atoms in total. The number of ketones is 1. The minimum Gasteiger partial charge on any atom is -0.352 e. The second kappa shape index (κ2) is 12.3. The molecule has 36 heavy (non-hydrogen) atoms. The maximum Gasteiger partial charge on any atom is 0.262 e. The molecule has 192 valence electrons. The van der Waals surface area contributed by atoms with Gasteiger partial charge in [-0.1, -0.05) is 57.2 Å². The third-order valence-corrected chi connectivity index (χ3v) is 7.12. The highest BCUT2D eigenvalue weighted by Crippen LogP contribution is 2.22. The molecule has 0 unspecified atom stereocenters. The van der Waals surface area contributed by atoms with Crippen molar-refractivity contribution < 1.29 is 9.59 Å². The van der Waals surface area contributed by atoms with E-state index in [1.807, 2.05) is 32.0 Å². The number of aryl methyl sites for hydroxylation is 2. The van der Waals surface area contributed by atoms with Crippen molar-refractivity contribution in [2.75, 3.05) is 12.3 Å². The fourth-order valence-electron chi connectivity index (χ4n) is 3.86. The number of thioether (sulfide) groups is 1. The van der Waals surface area contributed by atoms with E-state index in [9.17, 15) is 14.4 Å². The summed E-state index contributed by atoms with van der Waals surface area (Å²) in [5, 5.41) is 3.92. The van der Waals surface area contributed by atoms with E-state index >= 15 is 0 Å². The highest BCUT2D eigenvalue weighted by molar-refractivity contribution is 7.99. The lowest BCUT2D eigenvalue weighted by Gasteiger charge is -2.15. The van der Waals surface area contributed by atoms with Crippen molar-refractivity contribution in [1.29, 1.82) is 0 Å². The Morgan fingerprint density at radius 1 is 1.00 bits per heavy atom. The standard InChI is InChI=1S/C29H37N3O3S/c1-18(2)11-13-30-27(34)22-9-10-23-25(16-22)31-29(32(28(23)35)14-12-19(3)4)36-17-26(33)24-15-20(5)7-8-21(24)6/h7-10,15-16,18-19H,11-14,17H2,1-6H3,(H,30,34). The van der Waals surface area contributed by atoms with E-state index in [4.69, 9.17) is 4.98 Å². The van der Waals surface area contributed by atoms with Gasteiger partial charge in [0.15, 0.2) is 10.9 Å². The molecule has 1 heterocycles. The molecule has 0 saturated heterocycles. The quantitative estimate of drug-likeness (QED) is 0.201. The van der Waals surface area contributed by atoms with E-state index < -0.39 is 0 Å². The van der Waals surface area contributed by atoms with Crippen LogP contribution < -0.4 is 10.9 Å². The molecule has 0 aliphatic heterocycles. The van der Waals surface area contributed by atoms with Gasteiger partial charge in [-0.25, -0.2) is 4.98 Å². The first kappa shape index (κ1) is 27.7. The number of aromatic nitrogens is 2. The van der Waals surface area contributed by atoms with Crippen LogP contribution in [0.25, 0.3) is 10.9 Å². The lowest BCUT2D eigenvalue weighted by molar-refractivity contribution is 0.0951. The number of carbonyl (C=O) groups is 2. The van der Waals surface area contributed by atoms with Crippen LogP contribution in [-0.2, 0) is 6.54 Å². The Bertz CT molecular complexity index is 1310. The first-order chi connectivity index (χ1) is 17.1. The van der Waals surface area contributed by atoms with Crippen molar-refractivity contribution >= 4 is 34.4 Å². The normalized spacial score (nSPS) is 11.4. The smallest absolute Gasteiger partial charge is 0.262 e. The molecular weight excluding hydrogens is 470 g/mol. The van der Waals surface area contributed by atoms with Gasteiger partial charge in [0.1, 0.15) is 0 Å². The lowest BCUT2D eigenvalue weighted by atomic mass is 10.0. The maximum atomic E-state index is 13.4. The van der Waals surface area contributed by atoms with Crippen LogP contribution in [0.15, 0.2) is 46.3 Å². The summed E-state index contributed by atoms with van der Waals surface area (Å²) in [6, 6.07) is 10.9. The van der Waals surface area contributed by atoms with Gasteiger partial charge >= 0.3 is 0 Å². The number of benzene rings is 2. The molecular formula is C29H37N3O3S. The highest BCUT2D eigenvalue weighted by Gasteiger charge is 2.17. The van der Waals surface area contributed by atoms with E-state index in [2.05, 4.69) is 33.0 Å². The van der Waals surface area contributed by atoms with Gasteiger partial charge in [0, 0.05) is 24.2 Å². The fourth-order valence-corrected chi connectivity index (χ4v) is 4.77. The fraction of sp³-hybridized carbons (Fsp3) is 0.448. The van der Waals surface area contributed by atoms with E-state index in [0.717, 1.165) is 24.0 Å². The molecule has 1 N–H and O–H groups in total. The van der Waals surface area contributed by atoms with Crippen molar-refractivity contribution in [2.24, 2.45) is 11.8 Å². The summed E-state index contributed by atoms with van der Waals surface area (Å²) in [4.78, 5) is 43.9. The van der Waals surface area contributed by atoms with Gasteiger partial charge in [0.25, 0.3) is 11.5 Å². The van der Waals surface area contributed by atoms with E-state index in [1.54, 1.807) is 22.8 Å². The predicted octanol–water partition coefficient (Wildman–Crippen LogP) is 5.81. The summed E-state index contributed by atoms with van der Waals surface area (Å²) in [5.41, 5.74) is 3.46. The van der Waals surface area contributed by atoms with Gasteiger partial charge in [0.05, 0.1) is 16.7 Å². The number of nitrogens with zero attached hydrogens (tertiary/aromatic N) is 2. The van der Waals surface area contributed by atoms with Crippen LogP contribution in [0.2, 0.25) is 0 Å². The number of Topliss-reactive ketones (excluding diaryl/α,β-unsaturated/α-hetero) is 1. The molecule has 1 amide bonds. The van der Waals surface area contributed by atoms with E-state index in [-0.39, 0.29) is 23.0 Å². The average Bonchev–Trinajstić information content (AvgIpc) is 2.82. The van der Waals surface area contributed by atoms with E-state index in [1.165, 1.54) is 11.8 Å². The maximum absolute atomic E-state index is 13.4. The SMILES string of the molecule is Cc1ccc(C)c(C(=O)CSc2nc3cc(C(=O)NCCC(C)C)ccc3c(=O)n2CCC(C)C)c1. The van der Waals surface area contributed by atoms with Crippen molar-refractivity contribution in [3.63, 3.8) is 0 Å². The number of rotatable bonds is 11. The zero-order valence-electron chi connectivity index (χ0n) is 22.2. The number of fused-ring (bicyclic) bond motifs is 1. The summed E-state index contributed by atoms with van der Waals surface area (Å²) >= 11 is 1.28. The van der Waals surface area contributed by atoms with Crippen molar-refractivity contribution in [1.82, 2.24) is 14.9 Å². The Kier molecular flexibility index (Phi) is 9.49. The summed E-state index contributed by atoms with van der Waals surface area (Å²) in [6.45, 7) is 13.5. The predicted molar refractivity (Wildman–Crippen MR) is 148 cm³/mol. The van der Waals surface area contributed by atoms with Gasteiger partial charge in [-0.2, -0.15) is 0 Å². The molecule has 0 saturated carbocycles. The highest BCUT2D eigenvalue weighted by atomic mass is 32.2. The minimum atomic E-state index is -0.178. The first-order valence-corrected chi connectivity index (χ1v) is 13.6. The molecule has 3 rings (SSSR count). The largest absolute Gasteiger partial charge is 0.352 e. The van der Waals surface area contributed by atoms with Crippen LogP contribution in [0.4, 0.5) is 0 Å². The Balaban J connectivity index is 1.93. The van der Waals surface area contributed by atoms with Gasteiger partial charge < -0.3 is 5.32 Å². The third-order valence-electron chi connectivity index (χ3n) is 6.15. The molecule has 0 radical (unpaired) electrons. The van der Waals surface area contributed by atoms with Crippen molar-refractivity contribution in [2.45, 2.75) is 66.1 Å². The molecule has 0 fully saturated rings. The summed E-state index contributed by atoms with van der Waals surface area (Å²) < 4.78 is 1.67. The van der Waals surface area contributed by atoms with Crippen LogP contribution in [0.5, 0.6) is 0 Å². The Morgan fingerprint density at radius 3 is 2.42 bits per heavy atom. The van der Waals surface area contributed by atoms with Gasteiger partial charge in [-0.05, 0) is 68.4 Å². The zero-order valence-corrected chi connectivity index (χ0v) is 23.0. The molecule has 0 atom stereocenters.